The number of nitrogens with two attached hydrogens (primary N) is 1. The molecule has 1 saturated heterocycles. The van der Waals surface area contributed by atoms with Gasteiger partial charge in [-0.1, -0.05) is 0 Å². The summed E-state index contributed by atoms with van der Waals surface area (Å²) in [6.07, 6.45) is 2.43. The Bertz CT molecular complexity index is 562. The molecule has 1 aromatic heterocycles. The number of anilines is 1. The van der Waals surface area contributed by atoms with Crippen LogP contribution in [0.25, 0.3) is 0 Å². The smallest absolute Gasteiger partial charge is 0.410 e. The second kappa shape index (κ2) is 7.34. The lowest BCUT2D eigenvalue weighted by Crippen LogP contribution is -2.40. The largest absolute Gasteiger partial charge is 0.462 e. The van der Waals surface area contributed by atoms with Crippen LogP contribution in [-0.4, -0.2) is 52.5 Å². The van der Waals surface area contributed by atoms with Crippen molar-refractivity contribution < 1.29 is 19.1 Å². The first-order valence-electron chi connectivity index (χ1n) is 7.89. The van der Waals surface area contributed by atoms with Crippen LogP contribution in [-0.2, 0) is 9.47 Å². The van der Waals surface area contributed by atoms with Crippen molar-refractivity contribution in [3.63, 3.8) is 0 Å². The van der Waals surface area contributed by atoms with Crippen LogP contribution in [0.4, 0.5) is 10.6 Å². The quantitative estimate of drug-likeness (QED) is 0.848. The van der Waals surface area contributed by atoms with Crippen LogP contribution in [0.3, 0.4) is 0 Å². The third-order valence-electron chi connectivity index (χ3n) is 3.73. The maximum Gasteiger partial charge on any atom is 0.410 e. The third-order valence-corrected chi connectivity index (χ3v) is 3.73. The number of likely N-dealkylation sites (tertiary alicyclic amines) is 1. The van der Waals surface area contributed by atoms with Crippen molar-refractivity contribution in [2.75, 3.05) is 25.4 Å². The highest BCUT2D eigenvalue weighted by Gasteiger charge is 2.28. The number of nitrogens with zero attached hydrogens (tertiary/aromatic N) is 3. The van der Waals surface area contributed by atoms with Crippen LogP contribution in [0.1, 0.15) is 50.0 Å². The van der Waals surface area contributed by atoms with E-state index < -0.39 is 5.97 Å². The van der Waals surface area contributed by atoms with Crippen molar-refractivity contribution in [1.82, 2.24) is 14.7 Å². The van der Waals surface area contributed by atoms with E-state index in [2.05, 4.69) is 5.10 Å². The van der Waals surface area contributed by atoms with Gasteiger partial charge >= 0.3 is 12.1 Å². The summed E-state index contributed by atoms with van der Waals surface area (Å²) in [5.41, 5.74) is 6.31. The molecule has 0 atom stereocenters. The highest BCUT2D eigenvalue weighted by atomic mass is 16.6. The molecule has 0 radical (unpaired) electrons. The molecular formula is C15H24N4O4. The van der Waals surface area contributed by atoms with E-state index in [1.165, 1.54) is 6.20 Å². The molecule has 1 aromatic rings. The molecule has 1 amide bonds. The van der Waals surface area contributed by atoms with Crippen molar-refractivity contribution in [1.29, 1.82) is 0 Å². The Morgan fingerprint density at radius 1 is 1.39 bits per heavy atom. The van der Waals surface area contributed by atoms with Crippen molar-refractivity contribution in [3.8, 4) is 0 Å². The minimum Gasteiger partial charge on any atom is -0.462 e. The zero-order valence-corrected chi connectivity index (χ0v) is 13.8. The molecule has 1 fully saturated rings. The molecule has 0 aliphatic carbocycles. The van der Waals surface area contributed by atoms with Gasteiger partial charge in [0.05, 0.1) is 24.9 Å². The molecule has 2 rings (SSSR count). The third kappa shape index (κ3) is 3.94. The number of aromatic nitrogens is 2. The number of carbonyl (C=O) groups excluding carboxylic acids is 2. The highest BCUT2D eigenvalue weighted by molar-refractivity contribution is 5.94. The predicted octanol–water partition coefficient (Wildman–Crippen LogP) is 1.82. The van der Waals surface area contributed by atoms with Crippen LogP contribution >= 0.6 is 0 Å². The molecule has 1 aliphatic rings. The summed E-state index contributed by atoms with van der Waals surface area (Å²) < 4.78 is 11.8. The van der Waals surface area contributed by atoms with Crippen LogP contribution in [0.2, 0.25) is 0 Å². The standard InChI is InChI=1S/C15H24N4O4/c1-4-22-14(20)12-9-17-19(13(12)16)11-5-7-18(8-6-11)15(21)23-10(2)3/h9-11H,4-8,16H2,1-3H3. The fourth-order valence-corrected chi connectivity index (χ4v) is 2.60. The molecule has 1 aliphatic heterocycles. The number of piperidine rings is 1. The Hall–Kier alpha value is -2.25. The zero-order chi connectivity index (χ0) is 17.0. The summed E-state index contributed by atoms with van der Waals surface area (Å²) in [4.78, 5) is 25.3. The summed E-state index contributed by atoms with van der Waals surface area (Å²) in [6.45, 7) is 6.83. The lowest BCUT2D eigenvalue weighted by molar-refractivity contribution is 0.0527. The molecule has 2 N–H and O–H groups in total. The van der Waals surface area contributed by atoms with Gasteiger partial charge in [-0.25, -0.2) is 14.3 Å². The van der Waals surface area contributed by atoms with Gasteiger partial charge < -0.3 is 20.1 Å². The van der Waals surface area contributed by atoms with Crippen LogP contribution in [0, 0.1) is 0 Å². The van der Waals surface area contributed by atoms with Crippen molar-refractivity contribution >= 4 is 17.9 Å². The van der Waals surface area contributed by atoms with Gasteiger partial charge in [0.25, 0.3) is 0 Å². The van der Waals surface area contributed by atoms with Gasteiger partial charge in [-0.05, 0) is 33.6 Å². The van der Waals surface area contributed by atoms with E-state index in [0.29, 0.717) is 38.4 Å². The molecule has 8 nitrogen and oxygen atoms in total. The first-order valence-corrected chi connectivity index (χ1v) is 7.89. The fraction of sp³-hybridized carbons (Fsp3) is 0.667. The van der Waals surface area contributed by atoms with Crippen molar-refractivity contribution in [2.45, 2.75) is 45.8 Å². The minimum absolute atomic E-state index is 0.0567. The first-order chi connectivity index (χ1) is 10.9. The number of ether oxygens (including phenoxy) is 2. The number of amides is 1. The van der Waals surface area contributed by atoms with Crippen LogP contribution < -0.4 is 5.73 Å². The molecular weight excluding hydrogens is 300 g/mol. The zero-order valence-electron chi connectivity index (χ0n) is 13.8. The number of nitrogen functional groups attached to an aromatic ring is 1. The average molecular weight is 324 g/mol. The molecule has 2 heterocycles. The molecule has 0 spiro atoms. The second-order valence-electron chi connectivity index (χ2n) is 5.76. The van der Waals surface area contributed by atoms with E-state index in [1.54, 1.807) is 16.5 Å². The molecule has 8 heteroatoms. The first kappa shape index (κ1) is 17.1. The van der Waals surface area contributed by atoms with E-state index in [0.717, 1.165) is 0 Å². The van der Waals surface area contributed by atoms with E-state index >= 15 is 0 Å². The Morgan fingerprint density at radius 3 is 2.61 bits per heavy atom. The maximum absolute atomic E-state index is 11.9. The normalized spacial score (nSPS) is 15.7. The average Bonchev–Trinajstić information content (AvgIpc) is 2.88. The topological polar surface area (TPSA) is 99.7 Å². The van der Waals surface area contributed by atoms with Gasteiger partial charge in [0.15, 0.2) is 0 Å². The number of carbonyl (C=O) groups is 2. The maximum atomic E-state index is 11.9. The molecule has 0 aromatic carbocycles. The Morgan fingerprint density at radius 2 is 2.04 bits per heavy atom. The minimum atomic E-state index is -0.464. The lowest BCUT2D eigenvalue weighted by Gasteiger charge is -2.32. The van der Waals surface area contributed by atoms with Gasteiger partial charge in [0.2, 0.25) is 0 Å². The SMILES string of the molecule is CCOC(=O)c1cnn(C2CCN(C(=O)OC(C)C)CC2)c1N. The van der Waals surface area contributed by atoms with E-state index in [9.17, 15) is 9.59 Å². The Kier molecular flexibility index (Phi) is 5.46. The molecule has 0 bridgehead atoms. The van der Waals surface area contributed by atoms with Crippen molar-refractivity contribution in [3.05, 3.63) is 11.8 Å². The van der Waals surface area contributed by atoms with Crippen LogP contribution in [0.5, 0.6) is 0 Å². The molecule has 23 heavy (non-hydrogen) atoms. The van der Waals surface area contributed by atoms with E-state index in [1.807, 2.05) is 13.8 Å². The lowest BCUT2D eigenvalue weighted by atomic mass is 10.1. The van der Waals surface area contributed by atoms with Gasteiger partial charge in [-0.2, -0.15) is 5.10 Å². The van der Waals surface area contributed by atoms with Gasteiger partial charge in [-0.15, -0.1) is 0 Å². The molecule has 0 unspecified atom stereocenters. The second-order valence-corrected chi connectivity index (χ2v) is 5.76. The number of rotatable bonds is 4. The van der Waals surface area contributed by atoms with E-state index in [4.69, 9.17) is 15.2 Å². The summed E-state index contributed by atoms with van der Waals surface area (Å²) >= 11 is 0. The predicted molar refractivity (Wildman–Crippen MR) is 84.1 cm³/mol. The summed E-state index contributed by atoms with van der Waals surface area (Å²) in [5, 5.41) is 4.22. The molecule has 128 valence electrons. The Balaban J connectivity index is 1.98. The summed E-state index contributed by atoms with van der Waals surface area (Å²) in [7, 11) is 0. The van der Waals surface area contributed by atoms with E-state index in [-0.39, 0.29) is 23.8 Å². The highest BCUT2D eigenvalue weighted by Crippen LogP contribution is 2.26. The monoisotopic (exact) mass is 324 g/mol. The summed E-state index contributed by atoms with van der Waals surface area (Å²) in [6, 6.07) is 0.0567. The van der Waals surface area contributed by atoms with Crippen LogP contribution in [0.15, 0.2) is 6.20 Å². The molecule has 0 saturated carbocycles. The van der Waals surface area contributed by atoms with Gasteiger partial charge in [0, 0.05) is 13.1 Å². The number of hydrogen-bond acceptors (Lipinski definition) is 6. The van der Waals surface area contributed by atoms with Crippen molar-refractivity contribution in [2.24, 2.45) is 0 Å². The number of hydrogen-bond donors (Lipinski definition) is 1. The number of esters is 1. The summed E-state index contributed by atoms with van der Waals surface area (Å²) in [5.74, 6) is -0.152. The van der Waals surface area contributed by atoms with Gasteiger partial charge in [-0.3, -0.25) is 0 Å². The Labute approximate surface area is 135 Å². The fourth-order valence-electron chi connectivity index (χ4n) is 2.60. The van der Waals surface area contributed by atoms with Gasteiger partial charge in [0.1, 0.15) is 11.4 Å².